The van der Waals surface area contributed by atoms with Crippen LogP contribution in [0.5, 0.6) is 5.75 Å². The maximum atomic E-state index is 13.0. The van der Waals surface area contributed by atoms with Crippen LogP contribution >= 0.6 is 0 Å². The third-order valence-corrected chi connectivity index (χ3v) is 8.80. The summed E-state index contributed by atoms with van der Waals surface area (Å²) in [7, 11) is 0. The highest BCUT2D eigenvalue weighted by Crippen LogP contribution is 2.39. The third-order valence-electron chi connectivity index (χ3n) is 8.80. The SMILES string of the molecule is CCCCCCCCOc1ccc(C2CCC(CC(=O)C3CCC(CCCCC)CC3=O)CC2)cc1. The van der Waals surface area contributed by atoms with Crippen molar-refractivity contribution in [1.29, 1.82) is 0 Å². The van der Waals surface area contributed by atoms with Crippen molar-refractivity contribution >= 4 is 11.6 Å². The van der Waals surface area contributed by atoms with Crippen molar-refractivity contribution in [3.63, 3.8) is 0 Å². The zero-order valence-corrected chi connectivity index (χ0v) is 23.3. The van der Waals surface area contributed by atoms with E-state index in [0.717, 1.165) is 63.7 Å². The second-order valence-corrected chi connectivity index (χ2v) is 11.7. The zero-order valence-electron chi connectivity index (χ0n) is 23.3. The van der Waals surface area contributed by atoms with E-state index in [-0.39, 0.29) is 17.5 Å². The molecule has 2 aliphatic rings. The van der Waals surface area contributed by atoms with Crippen molar-refractivity contribution in [2.45, 2.75) is 135 Å². The van der Waals surface area contributed by atoms with E-state index < -0.39 is 0 Å². The van der Waals surface area contributed by atoms with Crippen LogP contribution in [0.25, 0.3) is 0 Å². The smallest absolute Gasteiger partial charge is 0.143 e. The number of hydrogen-bond donors (Lipinski definition) is 0. The minimum Gasteiger partial charge on any atom is -0.494 e. The number of carbonyl (C=O) groups excluding carboxylic acids is 2. The fraction of sp³-hybridized carbons (Fsp3) is 0.758. The highest BCUT2D eigenvalue weighted by Gasteiger charge is 2.34. The summed E-state index contributed by atoms with van der Waals surface area (Å²) >= 11 is 0. The van der Waals surface area contributed by atoms with Crippen LogP contribution in [0.2, 0.25) is 0 Å². The first-order valence-electron chi connectivity index (χ1n) is 15.4. The summed E-state index contributed by atoms with van der Waals surface area (Å²) in [6.45, 7) is 5.29. The van der Waals surface area contributed by atoms with Gasteiger partial charge in [0.05, 0.1) is 12.5 Å². The summed E-state index contributed by atoms with van der Waals surface area (Å²) in [5, 5.41) is 0. The van der Waals surface area contributed by atoms with Crippen molar-refractivity contribution < 1.29 is 14.3 Å². The molecule has 2 unspecified atom stereocenters. The standard InChI is InChI=1S/C33H52O3/c1-3-5-7-8-9-11-23-36-30-20-18-29(19-21-30)28-16-13-27(14-17-28)25-33(35)31-22-15-26(24-32(31)34)12-10-6-4-2/h18-21,26-28,31H,3-17,22-25H2,1-2H3. The van der Waals surface area contributed by atoms with Gasteiger partial charge in [-0.25, -0.2) is 0 Å². The predicted octanol–water partition coefficient (Wildman–Crippen LogP) is 9.22. The van der Waals surface area contributed by atoms with E-state index in [0.29, 0.717) is 30.6 Å². The molecule has 0 saturated heterocycles. The van der Waals surface area contributed by atoms with Crippen LogP contribution in [0, 0.1) is 17.8 Å². The van der Waals surface area contributed by atoms with Gasteiger partial charge in [-0.3, -0.25) is 9.59 Å². The summed E-state index contributed by atoms with van der Waals surface area (Å²) in [5.41, 5.74) is 1.41. The molecule has 202 valence electrons. The zero-order chi connectivity index (χ0) is 25.6. The van der Waals surface area contributed by atoms with Gasteiger partial charge in [-0.05, 0) is 80.4 Å². The topological polar surface area (TPSA) is 43.4 Å². The van der Waals surface area contributed by atoms with E-state index in [1.807, 2.05) is 0 Å². The van der Waals surface area contributed by atoms with E-state index >= 15 is 0 Å². The fourth-order valence-corrected chi connectivity index (χ4v) is 6.40. The predicted molar refractivity (Wildman–Crippen MR) is 150 cm³/mol. The number of ether oxygens (including phenoxy) is 1. The molecule has 0 bridgehead atoms. The molecular formula is C33H52O3. The molecule has 0 N–H and O–H groups in total. The van der Waals surface area contributed by atoms with Crippen molar-refractivity contribution in [2.24, 2.45) is 17.8 Å². The number of benzene rings is 1. The Morgan fingerprint density at radius 3 is 2.11 bits per heavy atom. The van der Waals surface area contributed by atoms with Gasteiger partial charge in [-0.15, -0.1) is 0 Å². The van der Waals surface area contributed by atoms with E-state index in [2.05, 4.69) is 38.1 Å². The average molecular weight is 497 g/mol. The normalized spacial score (nSPS) is 24.6. The Morgan fingerprint density at radius 2 is 1.42 bits per heavy atom. The minimum atomic E-state index is -0.297. The number of ketones is 2. The molecule has 0 aliphatic heterocycles. The first-order valence-corrected chi connectivity index (χ1v) is 15.4. The molecular weight excluding hydrogens is 444 g/mol. The Bertz CT molecular complexity index is 760. The van der Waals surface area contributed by atoms with E-state index in [1.165, 1.54) is 56.9 Å². The molecule has 1 aromatic rings. The molecule has 1 aromatic carbocycles. The average Bonchev–Trinajstić information content (AvgIpc) is 2.89. The number of Topliss-reactive ketones (excluding diaryl/α,β-unsaturated/α-hetero) is 2. The van der Waals surface area contributed by atoms with Gasteiger partial charge in [-0.2, -0.15) is 0 Å². The quantitative estimate of drug-likeness (QED) is 0.169. The minimum absolute atomic E-state index is 0.236. The molecule has 3 nitrogen and oxygen atoms in total. The van der Waals surface area contributed by atoms with E-state index in [1.54, 1.807) is 0 Å². The monoisotopic (exact) mass is 496 g/mol. The Balaban J connectivity index is 1.33. The molecule has 0 aromatic heterocycles. The Kier molecular flexibility index (Phi) is 13.1. The van der Waals surface area contributed by atoms with Gasteiger partial charge in [0.15, 0.2) is 0 Å². The number of unbranched alkanes of at least 4 members (excludes halogenated alkanes) is 7. The van der Waals surface area contributed by atoms with E-state index in [4.69, 9.17) is 4.74 Å². The molecule has 0 spiro atoms. The fourth-order valence-electron chi connectivity index (χ4n) is 6.40. The molecule has 2 aliphatic carbocycles. The second kappa shape index (κ2) is 16.3. The number of carbonyl (C=O) groups is 2. The first kappa shape index (κ1) is 28.9. The highest BCUT2D eigenvalue weighted by atomic mass is 16.5. The number of hydrogen-bond acceptors (Lipinski definition) is 3. The van der Waals surface area contributed by atoms with Crippen LogP contribution in [0.1, 0.15) is 141 Å². The Hall–Kier alpha value is -1.64. The van der Waals surface area contributed by atoms with Crippen molar-refractivity contribution in [2.75, 3.05) is 6.61 Å². The number of rotatable bonds is 16. The van der Waals surface area contributed by atoms with Crippen LogP contribution in [0.3, 0.4) is 0 Å². The molecule has 2 atom stereocenters. The summed E-state index contributed by atoms with van der Waals surface area (Å²) in [6, 6.07) is 8.74. The van der Waals surface area contributed by atoms with E-state index in [9.17, 15) is 9.59 Å². The molecule has 36 heavy (non-hydrogen) atoms. The van der Waals surface area contributed by atoms with Gasteiger partial charge in [0, 0.05) is 12.8 Å². The molecule has 2 saturated carbocycles. The molecule has 0 heterocycles. The van der Waals surface area contributed by atoms with Crippen molar-refractivity contribution in [1.82, 2.24) is 0 Å². The van der Waals surface area contributed by atoms with Gasteiger partial charge >= 0.3 is 0 Å². The van der Waals surface area contributed by atoms with Crippen LogP contribution in [0.4, 0.5) is 0 Å². The van der Waals surface area contributed by atoms with Crippen molar-refractivity contribution in [3.05, 3.63) is 29.8 Å². The summed E-state index contributed by atoms with van der Waals surface area (Å²) in [4.78, 5) is 25.7. The first-order chi connectivity index (χ1) is 17.6. The van der Waals surface area contributed by atoms with Gasteiger partial charge in [0.2, 0.25) is 0 Å². The largest absolute Gasteiger partial charge is 0.494 e. The van der Waals surface area contributed by atoms with Gasteiger partial charge in [-0.1, -0.05) is 83.8 Å². The lowest BCUT2D eigenvalue weighted by atomic mass is 9.73. The van der Waals surface area contributed by atoms with Crippen LogP contribution < -0.4 is 4.74 Å². The highest BCUT2D eigenvalue weighted by molar-refractivity contribution is 6.02. The molecule has 3 heteroatoms. The Labute approximate surface area is 221 Å². The van der Waals surface area contributed by atoms with Crippen LogP contribution in [0.15, 0.2) is 24.3 Å². The molecule has 0 radical (unpaired) electrons. The van der Waals surface area contributed by atoms with Crippen LogP contribution in [-0.2, 0) is 9.59 Å². The lowest BCUT2D eigenvalue weighted by molar-refractivity contribution is -0.136. The lowest BCUT2D eigenvalue weighted by Crippen LogP contribution is -2.32. The second-order valence-electron chi connectivity index (χ2n) is 11.7. The van der Waals surface area contributed by atoms with Gasteiger partial charge < -0.3 is 4.74 Å². The lowest BCUT2D eigenvalue weighted by Gasteiger charge is -2.31. The molecule has 0 amide bonds. The van der Waals surface area contributed by atoms with Gasteiger partial charge in [0.25, 0.3) is 0 Å². The molecule has 2 fully saturated rings. The van der Waals surface area contributed by atoms with Gasteiger partial charge in [0.1, 0.15) is 17.3 Å². The Morgan fingerprint density at radius 1 is 0.778 bits per heavy atom. The van der Waals surface area contributed by atoms with Crippen LogP contribution in [-0.4, -0.2) is 18.2 Å². The maximum Gasteiger partial charge on any atom is 0.143 e. The van der Waals surface area contributed by atoms with Crippen molar-refractivity contribution in [3.8, 4) is 5.75 Å². The maximum absolute atomic E-state index is 13.0. The third kappa shape index (κ3) is 9.67. The summed E-state index contributed by atoms with van der Waals surface area (Å²) < 4.78 is 5.95. The summed E-state index contributed by atoms with van der Waals surface area (Å²) in [6.07, 6.45) is 20.2. The molecule has 3 rings (SSSR count). The summed E-state index contributed by atoms with van der Waals surface area (Å²) in [5.74, 6) is 2.73.